The first kappa shape index (κ1) is 26.1. The van der Waals surface area contributed by atoms with Gasteiger partial charge in [-0.25, -0.2) is 15.0 Å². The maximum absolute atomic E-state index is 12.0. The molecule has 3 aliphatic rings. The summed E-state index contributed by atoms with van der Waals surface area (Å²) in [6.07, 6.45) is 8.72. The van der Waals surface area contributed by atoms with E-state index in [4.69, 9.17) is 13.9 Å². The van der Waals surface area contributed by atoms with E-state index in [2.05, 4.69) is 37.9 Å². The van der Waals surface area contributed by atoms with Crippen molar-refractivity contribution in [1.29, 1.82) is 0 Å². The van der Waals surface area contributed by atoms with Crippen molar-refractivity contribution in [2.75, 3.05) is 49.4 Å². The highest BCUT2D eigenvalue weighted by atomic mass is 32.2. The number of ether oxygens (including phenoxy) is 1. The van der Waals surface area contributed by atoms with E-state index in [0.717, 1.165) is 81.1 Å². The molecule has 37 heavy (non-hydrogen) atoms. The molecule has 1 N–H and O–H groups in total. The minimum Gasteiger partial charge on any atom is -0.381 e. The Bertz CT molecular complexity index is 1250. The molecule has 0 aliphatic carbocycles. The number of anilines is 2. The largest absolute Gasteiger partial charge is 0.381 e. The second kappa shape index (κ2) is 10.3. The Labute approximate surface area is 218 Å². The summed E-state index contributed by atoms with van der Waals surface area (Å²) in [4.78, 5) is 28.3. The van der Waals surface area contributed by atoms with Crippen molar-refractivity contribution < 1.29 is 22.1 Å². The van der Waals surface area contributed by atoms with Gasteiger partial charge in [0.2, 0.25) is 5.91 Å². The molecule has 1 atom stereocenters. The van der Waals surface area contributed by atoms with Gasteiger partial charge in [0.1, 0.15) is 23.8 Å². The predicted octanol–water partition coefficient (Wildman–Crippen LogP) is 2.55. The number of hydrogen-bond donors (Lipinski definition) is 1. The number of piperidine rings is 1. The van der Waals surface area contributed by atoms with E-state index in [1.807, 2.05) is 6.92 Å². The minimum absolute atomic E-state index is 0.0101. The van der Waals surface area contributed by atoms with Crippen molar-refractivity contribution in [2.24, 2.45) is 0 Å². The van der Waals surface area contributed by atoms with Crippen LogP contribution in [0.25, 0.3) is 0 Å². The minimum atomic E-state index is -3.51. The van der Waals surface area contributed by atoms with Crippen molar-refractivity contribution in [2.45, 2.75) is 69.7 Å². The fourth-order valence-electron chi connectivity index (χ4n) is 5.70. The topological polar surface area (TPSA) is 129 Å². The van der Waals surface area contributed by atoms with E-state index in [1.165, 1.54) is 6.33 Å². The van der Waals surface area contributed by atoms with Gasteiger partial charge in [0.05, 0.1) is 18.6 Å². The summed E-state index contributed by atoms with van der Waals surface area (Å²) in [7, 11) is -3.51. The molecule has 2 aromatic heterocycles. The van der Waals surface area contributed by atoms with Crippen LogP contribution in [0.2, 0.25) is 0 Å². The number of hydrogen-bond acceptors (Lipinski definition) is 9. The lowest BCUT2D eigenvalue weighted by molar-refractivity contribution is -0.116. The lowest BCUT2D eigenvalue weighted by Gasteiger charge is -2.35. The average molecular weight is 533 g/mol. The SMILES string of the molecule is CC1CC(=O)Nc2ncnc(N3CCC(c4nc(C5(C)CCOCC5)cn4CCOS(C)(=O)=O)CC3)c21. The van der Waals surface area contributed by atoms with Crippen LogP contribution in [0.3, 0.4) is 0 Å². The van der Waals surface area contributed by atoms with E-state index in [9.17, 15) is 13.2 Å². The monoisotopic (exact) mass is 532 g/mol. The zero-order chi connectivity index (χ0) is 26.2. The number of imidazole rings is 1. The fraction of sp³-hybridized carbons (Fsp3) is 0.680. The molecule has 5 rings (SSSR count). The molecule has 0 aromatic carbocycles. The molecule has 2 fully saturated rings. The first-order chi connectivity index (χ1) is 17.6. The van der Waals surface area contributed by atoms with E-state index < -0.39 is 10.1 Å². The molecule has 0 radical (unpaired) electrons. The van der Waals surface area contributed by atoms with Crippen molar-refractivity contribution in [1.82, 2.24) is 19.5 Å². The molecule has 12 heteroatoms. The highest BCUT2D eigenvalue weighted by molar-refractivity contribution is 7.85. The average Bonchev–Trinajstić information content (AvgIpc) is 3.28. The van der Waals surface area contributed by atoms with Gasteiger partial charge in [-0.05, 0) is 31.6 Å². The molecule has 0 saturated carbocycles. The Morgan fingerprint density at radius 1 is 1.22 bits per heavy atom. The van der Waals surface area contributed by atoms with Gasteiger partial charge in [0.15, 0.2) is 0 Å². The molecule has 3 aliphatic heterocycles. The predicted molar refractivity (Wildman–Crippen MR) is 138 cm³/mol. The summed E-state index contributed by atoms with van der Waals surface area (Å²) in [5.74, 6) is 2.80. The Hall–Kier alpha value is -2.57. The number of amides is 1. The highest BCUT2D eigenvalue weighted by Crippen LogP contribution is 2.40. The van der Waals surface area contributed by atoms with Gasteiger partial charge in [-0.3, -0.25) is 8.98 Å². The zero-order valence-corrected chi connectivity index (χ0v) is 22.6. The van der Waals surface area contributed by atoms with E-state index in [-0.39, 0.29) is 29.8 Å². The molecule has 202 valence electrons. The van der Waals surface area contributed by atoms with Crippen LogP contribution >= 0.6 is 0 Å². The third kappa shape index (κ3) is 5.65. The van der Waals surface area contributed by atoms with Gasteiger partial charge >= 0.3 is 0 Å². The van der Waals surface area contributed by atoms with Crippen LogP contribution in [0.15, 0.2) is 12.5 Å². The second-order valence-electron chi connectivity index (χ2n) is 10.8. The molecule has 1 unspecified atom stereocenters. The van der Waals surface area contributed by atoms with Crippen molar-refractivity contribution in [3.05, 3.63) is 29.6 Å². The Morgan fingerprint density at radius 2 is 1.95 bits per heavy atom. The maximum Gasteiger partial charge on any atom is 0.264 e. The van der Waals surface area contributed by atoms with Crippen molar-refractivity contribution in [3.8, 4) is 0 Å². The fourth-order valence-corrected chi connectivity index (χ4v) is 6.07. The van der Waals surface area contributed by atoms with Crippen LogP contribution in [0.5, 0.6) is 0 Å². The highest BCUT2D eigenvalue weighted by Gasteiger charge is 2.35. The third-order valence-electron chi connectivity index (χ3n) is 7.92. The molecular formula is C25H36N6O5S. The number of rotatable bonds is 7. The van der Waals surface area contributed by atoms with Crippen LogP contribution in [-0.4, -0.2) is 73.0 Å². The molecule has 2 saturated heterocycles. The Balaban J connectivity index is 1.35. The number of nitrogens with one attached hydrogen (secondary N) is 1. The first-order valence-electron chi connectivity index (χ1n) is 13.0. The van der Waals surface area contributed by atoms with Gasteiger partial charge in [0, 0.05) is 62.4 Å². The number of carbonyl (C=O) groups is 1. The molecule has 1 amide bonds. The molecule has 0 bridgehead atoms. The molecule has 11 nitrogen and oxygen atoms in total. The van der Waals surface area contributed by atoms with Crippen LogP contribution < -0.4 is 10.2 Å². The maximum atomic E-state index is 12.0. The summed E-state index contributed by atoms with van der Waals surface area (Å²) < 4.78 is 35.8. The number of fused-ring (bicyclic) bond motifs is 1. The molecular weight excluding hydrogens is 496 g/mol. The summed E-state index contributed by atoms with van der Waals surface area (Å²) >= 11 is 0. The Kier molecular flexibility index (Phi) is 7.25. The zero-order valence-electron chi connectivity index (χ0n) is 21.8. The van der Waals surface area contributed by atoms with Gasteiger partial charge < -0.3 is 19.5 Å². The van der Waals surface area contributed by atoms with Gasteiger partial charge in [0.25, 0.3) is 10.1 Å². The molecule has 2 aromatic rings. The lowest BCUT2D eigenvalue weighted by Crippen LogP contribution is -2.36. The van der Waals surface area contributed by atoms with Crippen LogP contribution in [0.1, 0.15) is 74.9 Å². The van der Waals surface area contributed by atoms with E-state index in [0.29, 0.717) is 18.8 Å². The number of aromatic nitrogens is 4. The van der Waals surface area contributed by atoms with E-state index in [1.54, 1.807) is 0 Å². The quantitative estimate of drug-likeness (QED) is 0.535. The first-order valence-corrected chi connectivity index (χ1v) is 14.8. The summed E-state index contributed by atoms with van der Waals surface area (Å²) in [6.45, 7) is 7.84. The third-order valence-corrected chi connectivity index (χ3v) is 8.51. The number of nitrogens with zero attached hydrogens (tertiary/aromatic N) is 5. The van der Waals surface area contributed by atoms with Crippen molar-refractivity contribution in [3.63, 3.8) is 0 Å². The van der Waals surface area contributed by atoms with Crippen LogP contribution in [0, 0.1) is 0 Å². The lowest BCUT2D eigenvalue weighted by atomic mass is 9.80. The standard InChI is InChI=1S/C25H36N6O5S/c1-17-14-20(32)29-22-21(17)24(27-16-26-22)30-8-4-18(5-9-30)23-28-19(25(2)6-11-35-12-7-25)15-31(23)10-13-36-37(3,33)34/h15-18H,4-14H2,1-3H3,(H,26,27,29,32). The van der Waals surface area contributed by atoms with Gasteiger partial charge in [-0.15, -0.1) is 0 Å². The summed E-state index contributed by atoms with van der Waals surface area (Å²) in [5, 5.41) is 2.89. The van der Waals surface area contributed by atoms with Crippen LogP contribution in [-0.2, 0) is 35.8 Å². The molecule has 0 spiro atoms. The van der Waals surface area contributed by atoms with Crippen molar-refractivity contribution >= 4 is 27.7 Å². The Morgan fingerprint density at radius 3 is 2.65 bits per heavy atom. The van der Waals surface area contributed by atoms with Gasteiger partial charge in [-0.1, -0.05) is 13.8 Å². The van der Waals surface area contributed by atoms with Crippen LogP contribution in [0.4, 0.5) is 11.6 Å². The molecule has 5 heterocycles. The van der Waals surface area contributed by atoms with Gasteiger partial charge in [-0.2, -0.15) is 8.42 Å². The van der Waals surface area contributed by atoms with E-state index >= 15 is 0 Å². The number of carbonyl (C=O) groups excluding carboxylic acids is 1. The summed E-state index contributed by atoms with van der Waals surface area (Å²) in [6, 6.07) is 0. The normalized spacial score (nSPS) is 22.5. The second-order valence-corrected chi connectivity index (χ2v) is 12.4. The summed E-state index contributed by atoms with van der Waals surface area (Å²) in [5.41, 5.74) is 1.99. The smallest absolute Gasteiger partial charge is 0.264 e.